The van der Waals surface area contributed by atoms with E-state index >= 15 is 0 Å². The number of thiophene rings is 1. The van der Waals surface area contributed by atoms with Gasteiger partial charge in [-0.2, -0.15) is 0 Å². The molecule has 3 N–H and O–H groups in total. The maximum absolute atomic E-state index is 12.7. The lowest BCUT2D eigenvalue weighted by Gasteiger charge is -2.27. The van der Waals surface area contributed by atoms with Gasteiger partial charge in [-0.3, -0.25) is 4.79 Å². The van der Waals surface area contributed by atoms with Crippen molar-refractivity contribution in [2.24, 2.45) is 0 Å². The maximum Gasteiger partial charge on any atom is 0.256 e. The molecule has 0 saturated carbocycles. The van der Waals surface area contributed by atoms with Crippen LogP contribution in [0.5, 0.6) is 11.5 Å². The third kappa shape index (κ3) is 2.40. The molecule has 126 valence electrons. The van der Waals surface area contributed by atoms with Crippen LogP contribution in [-0.2, 0) is 13.0 Å². The van der Waals surface area contributed by atoms with Crippen molar-refractivity contribution in [2.75, 3.05) is 26.0 Å². The fraction of sp³-hybridized carbons (Fsp3) is 0.353. The normalized spacial score (nSPS) is 19.9. The van der Waals surface area contributed by atoms with E-state index in [0.717, 1.165) is 35.6 Å². The van der Waals surface area contributed by atoms with Crippen LogP contribution in [0.4, 0.5) is 5.00 Å². The number of nitrogens with zero attached hydrogens (tertiary/aromatic N) is 1. The molecule has 2 aromatic rings. The van der Waals surface area contributed by atoms with Crippen molar-refractivity contribution in [1.29, 1.82) is 0 Å². The van der Waals surface area contributed by atoms with E-state index in [1.807, 2.05) is 0 Å². The Hall–Kier alpha value is -2.25. The van der Waals surface area contributed by atoms with E-state index in [-0.39, 0.29) is 11.7 Å². The van der Waals surface area contributed by atoms with Crippen molar-refractivity contribution in [1.82, 2.24) is 10.2 Å². The summed E-state index contributed by atoms with van der Waals surface area (Å²) < 4.78 is 5.11. The van der Waals surface area contributed by atoms with Crippen molar-refractivity contribution in [3.8, 4) is 11.5 Å². The molecule has 1 amide bonds. The third-order valence-electron chi connectivity index (χ3n) is 4.57. The molecule has 4 rings (SSSR count). The number of aromatic hydroxyl groups is 1. The van der Waals surface area contributed by atoms with E-state index in [9.17, 15) is 9.90 Å². The van der Waals surface area contributed by atoms with Crippen LogP contribution in [0.3, 0.4) is 0 Å². The molecule has 0 spiro atoms. The molecule has 0 radical (unpaired) electrons. The van der Waals surface area contributed by atoms with E-state index in [2.05, 4.69) is 22.6 Å². The molecular weight excluding hydrogens is 326 g/mol. The summed E-state index contributed by atoms with van der Waals surface area (Å²) in [5.41, 5.74) is 2.56. The number of benzene rings is 1. The predicted octanol–water partition coefficient (Wildman–Crippen LogP) is 2.30. The van der Waals surface area contributed by atoms with Crippen LogP contribution >= 0.6 is 11.3 Å². The fourth-order valence-corrected chi connectivity index (χ4v) is 4.65. The molecule has 0 aliphatic carbocycles. The van der Waals surface area contributed by atoms with E-state index < -0.39 is 6.17 Å². The van der Waals surface area contributed by atoms with Crippen LogP contribution < -0.4 is 15.4 Å². The summed E-state index contributed by atoms with van der Waals surface area (Å²) in [6.07, 6.45) is 0.444. The second-order valence-electron chi connectivity index (χ2n) is 6.17. The van der Waals surface area contributed by atoms with Crippen LogP contribution in [0, 0.1) is 0 Å². The molecule has 2 aliphatic rings. The van der Waals surface area contributed by atoms with Crippen molar-refractivity contribution < 1.29 is 14.6 Å². The summed E-state index contributed by atoms with van der Waals surface area (Å²) in [7, 11) is 3.64. The summed E-state index contributed by atoms with van der Waals surface area (Å²) in [5.74, 6) is 0.594. The molecule has 24 heavy (non-hydrogen) atoms. The molecule has 1 atom stereocenters. The zero-order valence-electron chi connectivity index (χ0n) is 13.5. The number of amides is 1. The minimum absolute atomic E-state index is 0.0778. The highest BCUT2D eigenvalue weighted by Crippen LogP contribution is 2.41. The number of phenolic OH excluding ortho intramolecular Hbond substituents is 1. The Morgan fingerprint density at radius 3 is 2.96 bits per heavy atom. The number of likely N-dealkylation sites (N-methyl/N-ethyl adjacent to an activating group) is 1. The Morgan fingerprint density at radius 2 is 2.21 bits per heavy atom. The van der Waals surface area contributed by atoms with Gasteiger partial charge in [0, 0.05) is 29.6 Å². The predicted molar refractivity (Wildman–Crippen MR) is 92.8 cm³/mol. The number of hydrogen-bond acceptors (Lipinski definition) is 6. The Morgan fingerprint density at radius 1 is 1.38 bits per heavy atom. The lowest BCUT2D eigenvalue weighted by molar-refractivity contribution is 0.0934. The van der Waals surface area contributed by atoms with Gasteiger partial charge < -0.3 is 25.4 Å². The first kappa shape index (κ1) is 15.3. The minimum Gasteiger partial charge on any atom is -0.507 e. The van der Waals surface area contributed by atoms with E-state index in [1.165, 1.54) is 4.88 Å². The second kappa shape index (κ2) is 5.68. The van der Waals surface area contributed by atoms with Gasteiger partial charge in [-0.15, -0.1) is 11.3 Å². The number of carbonyl (C=O) groups excluding carboxylic acids is 1. The van der Waals surface area contributed by atoms with E-state index in [0.29, 0.717) is 11.3 Å². The number of fused-ring (bicyclic) bond motifs is 3. The minimum atomic E-state index is -0.450. The summed E-state index contributed by atoms with van der Waals surface area (Å²) in [6.45, 7) is 1.84. The molecule has 6 nitrogen and oxygen atoms in total. The lowest BCUT2D eigenvalue weighted by Crippen LogP contribution is -2.38. The number of rotatable bonds is 2. The van der Waals surface area contributed by atoms with Crippen LogP contribution in [-0.4, -0.2) is 36.6 Å². The quantitative estimate of drug-likeness (QED) is 0.779. The summed E-state index contributed by atoms with van der Waals surface area (Å²) in [4.78, 5) is 16.2. The number of hydrogen-bond donors (Lipinski definition) is 3. The van der Waals surface area contributed by atoms with Crippen LogP contribution in [0.15, 0.2) is 18.2 Å². The molecule has 0 saturated heterocycles. The molecular formula is C17H19N3O3S. The molecule has 3 heterocycles. The van der Waals surface area contributed by atoms with Gasteiger partial charge in [0.2, 0.25) is 0 Å². The van der Waals surface area contributed by atoms with Crippen LogP contribution in [0.2, 0.25) is 0 Å². The van der Waals surface area contributed by atoms with Gasteiger partial charge in [0.05, 0.1) is 12.7 Å². The number of carbonyl (C=O) groups is 1. The largest absolute Gasteiger partial charge is 0.507 e. The Balaban J connectivity index is 1.68. The SMILES string of the molecule is COc1ccc([C@H]2NC(=O)c3c(sc4c3CCN(C)C4)N2)c(O)c1. The molecule has 0 unspecified atom stereocenters. The fourth-order valence-electron chi connectivity index (χ4n) is 3.29. The van der Waals surface area contributed by atoms with Crippen LogP contribution in [0.25, 0.3) is 0 Å². The molecule has 1 aromatic heterocycles. The summed E-state index contributed by atoms with van der Waals surface area (Å²) in [5, 5.41) is 17.4. The average Bonchev–Trinajstić information content (AvgIpc) is 2.92. The average molecular weight is 345 g/mol. The standard InChI is InChI=1S/C17H19N3O3S/c1-20-6-5-11-13(8-20)24-17-14(11)16(22)18-15(19-17)10-4-3-9(23-2)7-12(10)21/h3-4,7,15,19,21H,5-6,8H2,1-2H3,(H,18,22)/t15-/m0/s1. The van der Waals surface area contributed by atoms with Crippen molar-refractivity contribution in [2.45, 2.75) is 19.1 Å². The van der Waals surface area contributed by atoms with Crippen molar-refractivity contribution >= 4 is 22.2 Å². The molecule has 0 fully saturated rings. The highest BCUT2D eigenvalue weighted by molar-refractivity contribution is 7.16. The highest BCUT2D eigenvalue weighted by atomic mass is 32.1. The number of ether oxygens (including phenoxy) is 1. The van der Waals surface area contributed by atoms with Gasteiger partial charge in [0.25, 0.3) is 5.91 Å². The van der Waals surface area contributed by atoms with Crippen LogP contribution in [0.1, 0.15) is 32.5 Å². The number of methoxy groups -OCH3 is 1. The number of anilines is 1. The first-order chi connectivity index (χ1) is 11.6. The zero-order chi connectivity index (χ0) is 16.8. The highest BCUT2D eigenvalue weighted by Gasteiger charge is 2.33. The van der Waals surface area contributed by atoms with Gasteiger partial charge in [-0.05, 0) is 31.2 Å². The summed E-state index contributed by atoms with van der Waals surface area (Å²) >= 11 is 1.64. The first-order valence-electron chi connectivity index (χ1n) is 7.84. The van der Waals surface area contributed by atoms with Gasteiger partial charge in [-0.25, -0.2) is 0 Å². The first-order valence-corrected chi connectivity index (χ1v) is 8.66. The van der Waals surface area contributed by atoms with Gasteiger partial charge in [-0.1, -0.05) is 0 Å². The number of phenols is 1. The molecule has 1 aromatic carbocycles. The van der Waals surface area contributed by atoms with Crippen molar-refractivity contribution in [3.05, 3.63) is 39.8 Å². The van der Waals surface area contributed by atoms with Gasteiger partial charge in [0.1, 0.15) is 22.7 Å². The van der Waals surface area contributed by atoms with Crippen molar-refractivity contribution in [3.63, 3.8) is 0 Å². The van der Waals surface area contributed by atoms with Gasteiger partial charge in [0.15, 0.2) is 0 Å². The van der Waals surface area contributed by atoms with E-state index in [4.69, 9.17) is 4.74 Å². The van der Waals surface area contributed by atoms with Gasteiger partial charge >= 0.3 is 0 Å². The molecule has 0 bridgehead atoms. The summed E-state index contributed by atoms with van der Waals surface area (Å²) in [6, 6.07) is 5.08. The maximum atomic E-state index is 12.7. The smallest absolute Gasteiger partial charge is 0.256 e. The zero-order valence-corrected chi connectivity index (χ0v) is 14.4. The third-order valence-corrected chi connectivity index (χ3v) is 5.72. The molecule has 7 heteroatoms. The Kier molecular flexibility index (Phi) is 3.62. The lowest BCUT2D eigenvalue weighted by atomic mass is 10.0. The Labute approximate surface area is 144 Å². The molecule has 2 aliphatic heterocycles. The second-order valence-corrected chi connectivity index (χ2v) is 7.28. The van der Waals surface area contributed by atoms with E-state index in [1.54, 1.807) is 36.6 Å². The topological polar surface area (TPSA) is 73.8 Å². The number of nitrogens with one attached hydrogen (secondary N) is 2. The Bertz CT molecular complexity index is 818. The monoisotopic (exact) mass is 345 g/mol.